The van der Waals surface area contributed by atoms with Gasteiger partial charge in [0.15, 0.2) is 0 Å². The zero-order valence-corrected chi connectivity index (χ0v) is 12.5. The number of rotatable bonds is 6. The van der Waals surface area contributed by atoms with E-state index in [-0.39, 0.29) is 12.1 Å². The molecule has 0 aliphatic heterocycles. The van der Waals surface area contributed by atoms with E-state index in [4.69, 9.17) is 5.11 Å². The highest BCUT2D eigenvalue weighted by molar-refractivity contribution is 7.16. The first-order valence-corrected chi connectivity index (χ1v) is 7.73. The Morgan fingerprint density at radius 2 is 2.33 bits per heavy atom. The molecule has 1 aliphatic rings. The number of aryl methyl sites for hydroxylation is 1. The van der Waals surface area contributed by atoms with Gasteiger partial charge in [0.2, 0.25) is 4.96 Å². The van der Waals surface area contributed by atoms with Crippen LogP contribution in [0.3, 0.4) is 0 Å². The summed E-state index contributed by atoms with van der Waals surface area (Å²) >= 11 is 1.40. The number of hydrogen-bond acceptors (Lipinski definition) is 6. The van der Waals surface area contributed by atoms with E-state index in [2.05, 4.69) is 10.1 Å². The van der Waals surface area contributed by atoms with Gasteiger partial charge < -0.3 is 5.11 Å². The Hall–Kier alpha value is -1.80. The first kappa shape index (κ1) is 14.2. The van der Waals surface area contributed by atoms with Gasteiger partial charge in [-0.15, -0.1) is 0 Å². The number of carbonyl (C=O) groups is 1. The molecule has 0 atom stereocenters. The van der Waals surface area contributed by atoms with Crippen molar-refractivity contribution in [1.29, 1.82) is 0 Å². The van der Waals surface area contributed by atoms with Gasteiger partial charge in [-0.3, -0.25) is 14.5 Å². The van der Waals surface area contributed by atoms with Crippen LogP contribution in [0.5, 0.6) is 0 Å². The van der Waals surface area contributed by atoms with Crippen molar-refractivity contribution in [2.24, 2.45) is 0 Å². The number of aromatic nitrogens is 3. The topological polar surface area (TPSA) is 87.8 Å². The summed E-state index contributed by atoms with van der Waals surface area (Å²) in [4.78, 5) is 29.8. The second kappa shape index (κ2) is 5.53. The van der Waals surface area contributed by atoms with Crippen molar-refractivity contribution in [3.63, 3.8) is 0 Å². The summed E-state index contributed by atoms with van der Waals surface area (Å²) in [7, 11) is 0. The molecule has 0 unspecified atom stereocenters. The summed E-state index contributed by atoms with van der Waals surface area (Å²) in [5.74, 6) is -0.856. The summed E-state index contributed by atoms with van der Waals surface area (Å²) in [6, 6.07) is 1.75. The van der Waals surface area contributed by atoms with Gasteiger partial charge in [-0.25, -0.2) is 4.98 Å². The van der Waals surface area contributed by atoms with E-state index >= 15 is 0 Å². The average molecular weight is 308 g/mol. The standard InChI is InChI=1S/C13H16N4O3S/c1-2-10-15-17-11(18)5-8(14-13(17)21-10)6-16(7-12(19)20)9-3-4-9/h5,9H,2-4,6-7H2,1H3,(H,19,20). The molecule has 1 aliphatic carbocycles. The molecule has 0 bridgehead atoms. The van der Waals surface area contributed by atoms with Crippen LogP contribution in [0, 0.1) is 0 Å². The largest absolute Gasteiger partial charge is 0.480 e. The van der Waals surface area contributed by atoms with Gasteiger partial charge in [-0.2, -0.15) is 9.61 Å². The molecule has 1 fully saturated rings. The highest BCUT2D eigenvalue weighted by Crippen LogP contribution is 2.27. The second-order valence-electron chi connectivity index (χ2n) is 5.16. The molecule has 0 aromatic carbocycles. The molecule has 2 heterocycles. The van der Waals surface area contributed by atoms with E-state index in [0.29, 0.717) is 23.2 Å². The van der Waals surface area contributed by atoms with Gasteiger partial charge in [0.1, 0.15) is 5.01 Å². The molecule has 0 radical (unpaired) electrons. The predicted octanol–water partition coefficient (Wildman–Crippen LogP) is 0.762. The molecular weight excluding hydrogens is 292 g/mol. The Bertz CT molecular complexity index is 735. The van der Waals surface area contributed by atoms with E-state index < -0.39 is 5.97 Å². The van der Waals surface area contributed by atoms with Crippen molar-refractivity contribution < 1.29 is 9.90 Å². The van der Waals surface area contributed by atoms with Crippen LogP contribution < -0.4 is 5.56 Å². The van der Waals surface area contributed by atoms with Crippen LogP contribution in [-0.4, -0.2) is 43.2 Å². The SMILES string of the molecule is CCc1nn2c(=O)cc(CN(CC(=O)O)C3CC3)nc2s1. The Morgan fingerprint density at radius 1 is 1.57 bits per heavy atom. The minimum atomic E-state index is -0.856. The lowest BCUT2D eigenvalue weighted by Gasteiger charge is -2.18. The Labute approximate surface area is 124 Å². The van der Waals surface area contributed by atoms with Gasteiger partial charge in [-0.1, -0.05) is 18.3 Å². The van der Waals surface area contributed by atoms with Gasteiger partial charge in [0.25, 0.3) is 5.56 Å². The molecule has 1 N–H and O–H groups in total. The highest BCUT2D eigenvalue weighted by atomic mass is 32.1. The number of fused-ring (bicyclic) bond motifs is 1. The smallest absolute Gasteiger partial charge is 0.317 e. The number of nitrogens with zero attached hydrogens (tertiary/aromatic N) is 4. The molecule has 7 nitrogen and oxygen atoms in total. The van der Waals surface area contributed by atoms with Crippen LogP contribution >= 0.6 is 11.3 Å². The summed E-state index contributed by atoms with van der Waals surface area (Å²) < 4.78 is 1.31. The van der Waals surface area contributed by atoms with Crippen LogP contribution in [0.1, 0.15) is 30.5 Å². The second-order valence-corrected chi connectivity index (χ2v) is 6.20. The lowest BCUT2D eigenvalue weighted by molar-refractivity contribution is -0.138. The number of aliphatic carboxylic acids is 1. The van der Waals surface area contributed by atoms with Crippen molar-refractivity contribution in [3.05, 3.63) is 27.1 Å². The zero-order valence-electron chi connectivity index (χ0n) is 11.7. The normalized spacial score (nSPS) is 15.0. The molecule has 0 spiro atoms. The summed E-state index contributed by atoms with van der Waals surface area (Å²) in [6.45, 7) is 2.35. The Kier molecular flexibility index (Phi) is 3.73. The van der Waals surface area contributed by atoms with Crippen LogP contribution in [0.4, 0.5) is 0 Å². The first-order valence-electron chi connectivity index (χ1n) is 6.91. The molecule has 3 rings (SSSR count). The van der Waals surface area contributed by atoms with Crippen molar-refractivity contribution in [3.8, 4) is 0 Å². The van der Waals surface area contributed by atoms with Crippen LogP contribution in [0.25, 0.3) is 4.96 Å². The van der Waals surface area contributed by atoms with Gasteiger partial charge in [0.05, 0.1) is 12.2 Å². The molecule has 0 saturated heterocycles. The van der Waals surface area contributed by atoms with E-state index in [1.807, 2.05) is 11.8 Å². The fraction of sp³-hybridized carbons (Fsp3) is 0.538. The highest BCUT2D eigenvalue weighted by Gasteiger charge is 2.30. The molecule has 2 aromatic rings. The molecule has 0 amide bonds. The zero-order chi connectivity index (χ0) is 15.0. The van der Waals surface area contributed by atoms with E-state index in [9.17, 15) is 9.59 Å². The Balaban J connectivity index is 1.89. The van der Waals surface area contributed by atoms with E-state index in [1.54, 1.807) is 0 Å². The number of carboxylic acid groups (broad SMARTS) is 1. The monoisotopic (exact) mass is 308 g/mol. The third kappa shape index (κ3) is 3.11. The molecule has 2 aromatic heterocycles. The summed E-state index contributed by atoms with van der Waals surface area (Å²) in [5.41, 5.74) is 0.400. The maximum atomic E-state index is 12.1. The van der Waals surface area contributed by atoms with Gasteiger partial charge >= 0.3 is 5.97 Å². The van der Waals surface area contributed by atoms with Crippen molar-refractivity contribution in [1.82, 2.24) is 19.5 Å². The third-order valence-electron chi connectivity index (χ3n) is 3.41. The third-order valence-corrected chi connectivity index (χ3v) is 4.46. The molecule has 1 saturated carbocycles. The van der Waals surface area contributed by atoms with Gasteiger partial charge in [0, 0.05) is 18.7 Å². The lowest BCUT2D eigenvalue weighted by atomic mass is 10.3. The molecule has 21 heavy (non-hydrogen) atoms. The van der Waals surface area contributed by atoms with Gasteiger partial charge in [-0.05, 0) is 19.3 Å². The first-order chi connectivity index (χ1) is 10.1. The Morgan fingerprint density at radius 3 is 2.95 bits per heavy atom. The molecular formula is C13H16N4O3S. The minimum absolute atomic E-state index is 0.0192. The van der Waals surface area contributed by atoms with Crippen LogP contribution in [0.2, 0.25) is 0 Å². The lowest BCUT2D eigenvalue weighted by Crippen LogP contribution is -2.32. The predicted molar refractivity (Wildman–Crippen MR) is 77.6 cm³/mol. The summed E-state index contributed by atoms with van der Waals surface area (Å²) in [6.07, 6.45) is 2.78. The number of carboxylic acids is 1. The maximum absolute atomic E-state index is 12.1. The van der Waals surface area contributed by atoms with Crippen molar-refractivity contribution in [2.75, 3.05) is 6.54 Å². The fourth-order valence-corrected chi connectivity index (χ4v) is 3.11. The van der Waals surface area contributed by atoms with Crippen LogP contribution in [0.15, 0.2) is 10.9 Å². The van der Waals surface area contributed by atoms with Crippen molar-refractivity contribution in [2.45, 2.75) is 38.8 Å². The quantitative estimate of drug-likeness (QED) is 0.848. The maximum Gasteiger partial charge on any atom is 0.317 e. The van der Waals surface area contributed by atoms with E-state index in [1.165, 1.54) is 21.9 Å². The van der Waals surface area contributed by atoms with Crippen LogP contribution in [-0.2, 0) is 17.8 Å². The van der Waals surface area contributed by atoms with E-state index in [0.717, 1.165) is 24.3 Å². The average Bonchev–Trinajstić information content (AvgIpc) is 3.17. The fourth-order valence-electron chi connectivity index (χ4n) is 2.26. The number of hydrogen-bond donors (Lipinski definition) is 1. The minimum Gasteiger partial charge on any atom is -0.480 e. The summed E-state index contributed by atoms with van der Waals surface area (Å²) in [5, 5.41) is 14.0. The molecule has 112 valence electrons. The van der Waals surface area contributed by atoms with Crippen molar-refractivity contribution >= 4 is 22.3 Å². The molecule has 8 heteroatoms.